The van der Waals surface area contributed by atoms with Gasteiger partial charge in [-0.15, -0.1) is 0 Å². The van der Waals surface area contributed by atoms with Gasteiger partial charge in [-0.3, -0.25) is 0 Å². The second-order valence-corrected chi connectivity index (χ2v) is 59.0. The van der Waals surface area contributed by atoms with E-state index < -0.39 is 128 Å². The van der Waals surface area contributed by atoms with Crippen LogP contribution >= 0.6 is 0 Å². The molecule has 4 unspecified atom stereocenters. The lowest BCUT2D eigenvalue weighted by molar-refractivity contribution is -0.368. The standard InChI is InChI=1S/C36H86O11Si8/c1-48(2,3)37-25-27-29(42-50(7,8)9)31(44-52(13,14)15)33(46-54(19,20)21)35(39-27)41-36-34(47-55(22,23)24)32(45-53(16,17)18)30(43-51(10,11)12)28(40-36)26-38-49(4,5)6/h27-36H,25-26H2,1-24H3/t27?,28?,29-,30-,31-,32-,33?,34?,35-,36-/m0/s1. The maximum Gasteiger partial charge on any atom is 0.188 e. The van der Waals surface area contributed by atoms with Gasteiger partial charge in [-0.25, -0.2) is 0 Å². The van der Waals surface area contributed by atoms with Crippen LogP contribution in [0, 0.1) is 0 Å². The molecule has 0 amide bonds. The highest BCUT2D eigenvalue weighted by Crippen LogP contribution is 2.39. The van der Waals surface area contributed by atoms with E-state index in [9.17, 15) is 0 Å². The van der Waals surface area contributed by atoms with Crippen molar-refractivity contribution < 1.29 is 49.6 Å². The predicted molar refractivity (Wildman–Crippen MR) is 246 cm³/mol. The minimum Gasteiger partial charge on any atom is -0.415 e. The smallest absolute Gasteiger partial charge is 0.188 e. The third-order valence-corrected chi connectivity index (χ3v) is 15.7. The van der Waals surface area contributed by atoms with Crippen molar-refractivity contribution >= 4 is 66.5 Å². The summed E-state index contributed by atoms with van der Waals surface area (Å²) in [6.45, 7) is 53.6. The molecule has 0 aliphatic carbocycles. The van der Waals surface area contributed by atoms with Crippen molar-refractivity contribution in [3.63, 3.8) is 0 Å². The molecule has 0 spiro atoms. The maximum atomic E-state index is 7.26. The minimum absolute atomic E-state index is 0.358. The zero-order chi connectivity index (χ0) is 43.0. The van der Waals surface area contributed by atoms with E-state index in [4.69, 9.17) is 49.6 Å². The first kappa shape index (κ1) is 52.4. The van der Waals surface area contributed by atoms with Gasteiger partial charge in [0.1, 0.15) is 48.8 Å². The van der Waals surface area contributed by atoms with Crippen molar-refractivity contribution in [2.24, 2.45) is 0 Å². The molecule has 0 radical (unpaired) electrons. The Labute approximate surface area is 346 Å². The van der Waals surface area contributed by atoms with Gasteiger partial charge in [0.05, 0.1) is 13.2 Å². The largest absolute Gasteiger partial charge is 0.415 e. The molecule has 328 valence electrons. The van der Waals surface area contributed by atoms with Gasteiger partial charge in [0.25, 0.3) is 0 Å². The number of hydrogen-bond acceptors (Lipinski definition) is 11. The summed E-state index contributed by atoms with van der Waals surface area (Å²) >= 11 is 0. The average Bonchev–Trinajstić information content (AvgIpc) is 2.88. The first-order valence-electron chi connectivity index (χ1n) is 20.5. The highest BCUT2D eigenvalue weighted by Gasteiger charge is 2.57. The van der Waals surface area contributed by atoms with Crippen LogP contribution in [0.2, 0.25) is 157 Å². The van der Waals surface area contributed by atoms with E-state index in [0.29, 0.717) is 13.2 Å². The predicted octanol–water partition coefficient (Wildman–Crippen LogP) is 9.48. The fraction of sp³-hybridized carbons (Fsp3) is 1.00. The molecule has 0 aromatic carbocycles. The molecule has 11 nitrogen and oxygen atoms in total. The van der Waals surface area contributed by atoms with Crippen LogP contribution in [0.5, 0.6) is 0 Å². The summed E-state index contributed by atoms with van der Waals surface area (Å²) < 4.78 is 77.3. The molecule has 19 heteroatoms. The quantitative estimate of drug-likeness (QED) is 0.109. The van der Waals surface area contributed by atoms with Gasteiger partial charge in [-0.05, 0) is 157 Å². The molecular weight excluding hydrogens is 833 g/mol. The Balaban J connectivity index is 2.88. The second-order valence-electron chi connectivity index (χ2n) is 23.2. The lowest BCUT2D eigenvalue weighted by Crippen LogP contribution is -2.69. The zero-order valence-corrected chi connectivity index (χ0v) is 47.7. The molecule has 0 N–H and O–H groups in total. The molecule has 0 aromatic rings. The highest BCUT2D eigenvalue weighted by molar-refractivity contribution is 6.72. The molecule has 55 heavy (non-hydrogen) atoms. The van der Waals surface area contributed by atoms with E-state index in [1.807, 2.05) is 0 Å². The Hall–Kier alpha value is 1.30. The van der Waals surface area contributed by atoms with Crippen molar-refractivity contribution in [1.29, 1.82) is 0 Å². The van der Waals surface area contributed by atoms with Crippen molar-refractivity contribution in [3.8, 4) is 0 Å². The van der Waals surface area contributed by atoms with Gasteiger partial charge in [0.2, 0.25) is 0 Å². The number of hydrogen-bond donors (Lipinski definition) is 0. The van der Waals surface area contributed by atoms with E-state index in [1.54, 1.807) is 0 Å². The highest BCUT2D eigenvalue weighted by atomic mass is 28.4. The summed E-state index contributed by atoms with van der Waals surface area (Å²) in [6, 6.07) is 0. The van der Waals surface area contributed by atoms with Crippen LogP contribution in [-0.4, -0.2) is 141 Å². The van der Waals surface area contributed by atoms with Gasteiger partial charge < -0.3 is 49.6 Å². The van der Waals surface area contributed by atoms with Gasteiger partial charge in [-0.2, -0.15) is 0 Å². The van der Waals surface area contributed by atoms with E-state index in [-0.39, 0.29) is 0 Å². The molecule has 2 fully saturated rings. The fourth-order valence-electron chi connectivity index (χ4n) is 6.29. The van der Waals surface area contributed by atoms with Gasteiger partial charge in [-0.1, -0.05) is 0 Å². The number of ether oxygens (including phenoxy) is 3. The van der Waals surface area contributed by atoms with E-state index in [2.05, 4.69) is 157 Å². The van der Waals surface area contributed by atoms with Crippen molar-refractivity contribution in [2.75, 3.05) is 13.2 Å². The first-order chi connectivity index (χ1) is 24.2. The third-order valence-electron chi connectivity index (χ3n) is 7.75. The lowest BCUT2D eigenvalue weighted by atomic mass is 9.98. The molecule has 2 rings (SSSR count). The summed E-state index contributed by atoms with van der Waals surface area (Å²) in [5, 5.41) is 0. The van der Waals surface area contributed by atoms with Crippen molar-refractivity contribution in [1.82, 2.24) is 0 Å². The molecule has 2 aliphatic heterocycles. The molecule has 2 heterocycles. The van der Waals surface area contributed by atoms with Gasteiger partial charge >= 0.3 is 0 Å². The molecule has 0 aromatic heterocycles. The fourth-order valence-corrected chi connectivity index (χ4v) is 14.1. The molecule has 2 saturated heterocycles. The Kier molecular flexibility index (Phi) is 18.2. The normalized spacial score (nSPS) is 31.2. The Morgan fingerprint density at radius 2 is 0.509 bits per heavy atom. The molecule has 0 saturated carbocycles. The van der Waals surface area contributed by atoms with E-state index >= 15 is 0 Å². The van der Waals surface area contributed by atoms with Crippen LogP contribution in [0.4, 0.5) is 0 Å². The van der Waals surface area contributed by atoms with Gasteiger partial charge in [0.15, 0.2) is 79.1 Å². The summed E-state index contributed by atoms with van der Waals surface area (Å²) in [4.78, 5) is 0. The van der Waals surface area contributed by atoms with Crippen molar-refractivity contribution in [2.45, 2.75) is 219 Å². The molecular formula is C36H86O11Si8. The van der Waals surface area contributed by atoms with E-state index in [0.717, 1.165) is 0 Å². The Morgan fingerprint density at radius 3 is 0.727 bits per heavy atom. The third kappa shape index (κ3) is 20.6. The summed E-state index contributed by atoms with van der Waals surface area (Å²) in [5.41, 5.74) is 0. The second kappa shape index (κ2) is 19.1. The van der Waals surface area contributed by atoms with E-state index in [1.165, 1.54) is 0 Å². The van der Waals surface area contributed by atoms with Crippen LogP contribution in [-0.2, 0) is 49.6 Å². The van der Waals surface area contributed by atoms with Crippen LogP contribution in [0.3, 0.4) is 0 Å². The topological polar surface area (TPSA) is 102 Å². The molecule has 0 bridgehead atoms. The molecule has 10 atom stereocenters. The monoisotopic (exact) mass is 918 g/mol. The number of rotatable bonds is 20. The SMILES string of the molecule is C[Si](C)(C)OCC1O[C@@H](O[C@@H]2OC(CO[Si](C)(C)C)[C@H](O[Si](C)(C)C)[C@H](O[Si](C)(C)C)C2O[Si](C)(C)C)C(O[Si](C)(C)C)[C@@H](O[Si](C)(C)C)[C@H]1O[Si](C)(C)C. The molecule has 2 aliphatic rings. The van der Waals surface area contributed by atoms with Crippen molar-refractivity contribution in [3.05, 3.63) is 0 Å². The van der Waals surface area contributed by atoms with Crippen LogP contribution < -0.4 is 0 Å². The van der Waals surface area contributed by atoms with Crippen LogP contribution in [0.25, 0.3) is 0 Å². The minimum atomic E-state index is -2.22. The first-order valence-corrected chi connectivity index (χ1v) is 47.8. The lowest BCUT2D eigenvalue weighted by Gasteiger charge is -2.54. The Morgan fingerprint density at radius 1 is 0.291 bits per heavy atom. The summed E-state index contributed by atoms with van der Waals surface area (Å²) in [5.74, 6) is 0. The average molecular weight is 920 g/mol. The van der Waals surface area contributed by atoms with Crippen LogP contribution in [0.15, 0.2) is 0 Å². The van der Waals surface area contributed by atoms with Gasteiger partial charge in [0, 0.05) is 0 Å². The summed E-state index contributed by atoms with van der Waals surface area (Å²) in [6.07, 6.45) is -5.59. The van der Waals surface area contributed by atoms with Crippen LogP contribution in [0.1, 0.15) is 0 Å². The summed E-state index contributed by atoms with van der Waals surface area (Å²) in [7, 11) is -16.9. The maximum absolute atomic E-state index is 7.26. The zero-order valence-electron chi connectivity index (χ0n) is 39.7. The Bertz CT molecular complexity index is 1090.